The summed E-state index contributed by atoms with van der Waals surface area (Å²) in [5.74, 6) is 2.25. The van der Waals surface area contributed by atoms with Gasteiger partial charge in [0.1, 0.15) is 0 Å². The zero-order valence-electron chi connectivity index (χ0n) is 7.71. The van der Waals surface area contributed by atoms with Crippen molar-refractivity contribution in [3.8, 4) is 0 Å². The van der Waals surface area contributed by atoms with Crippen molar-refractivity contribution < 1.29 is 9.53 Å². The lowest BCUT2D eigenvalue weighted by Crippen LogP contribution is -2.13. The summed E-state index contributed by atoms with van der Waals surface area (Å²) in [6.07, 6.45) is 0.498. The van der Waals surface area contributed by atoms with E-state index >= 15 is 0 Å². The molecule has 0 aliphatic rings. The van der Waals surface area contributed by atoms with Gasteiger partial charge in [0.05, 0.1) is 13.5 Å². The van der Waals surface area contributed by atoms with E-state index in [-0.39, 0.29) is 5.97 Å². The Labute approximate surface area is 78.0 Å². The first-order chi connectivity index (χ1) is 5.70. The fraction of sp³-hybridized carbons (Fsp3) is 0.875. The fourth-order valence-corrected chi connectivity index (χ4v) is 1.63. The Morgan fingerprint density at radius 3 is 2.83 bits per heavy atom. The molecule has 0 radical (unpaired) electrons. The number of ether oxygens (including phenoxy) is 1. The quantitative estimate of drug-likeness (QED) is 0.500. The van der Waals surface area contributed by atoms with Gasteiger partial charge in [0, 0.05) is 5.75 Å². The van der Waals surface area contributed by atoms with E-state index in [0.29, 0.717) is 18.9 Å². The van der Waals surface area contributed by atoms with Gasteiger partial charge in [-0.1, -0.05) is 6.92 Å². The van der Waals surface area contributed by atoms with Crippen LogP contribution < -0.4 is 5.73 Å². The predicted octanol–water partition coefficient (Wildman–Crippen LogP) is 0.877. The Morgan fingerprint density at radius 1 is 1.67 bits per heavy atom. The molecule has 0 aromatic carbocycles. The Balaban J connectivity index is 3.15. The predicted molar refractivity (Wildman–Crippen MR) is 52.2 cm³/mol. The molecule has 0 bridgehead atoms. The maximum absolute atomic E-state index is 10.7. The molecule has 0 rings (SSSR count). The van der Waals surface area contributed by atoms with Crippen molar-refractivity contribution in [2.24, 2.45) is 11.7 Å². The second-order valence-electron chi connectivity index (χ2n) is 2.74. The highest BCUT2D eigenvalue weighted by Crippen LogP contribution is 2.08. The lowest BCUT2D eigenvalue weighted by Gasteiger charge is -2.06. The summed E-state index contributed by atoms with van der Waals surface area (Å²) in [5, 5.41) is 0. The largest absolute Gasteiger partial charge is 0.469 e. The molecule has 0 aromatic heterocycles. The average Bonchev–Trinajstić information content (AvgIpc) is 2.11. The fourth-order valence-electron chi connectivity index (χ4n) is 0.610. The van der Waals surface area contributed by atoms with E-state index in [0.717, 1.165) is 11.5 Å². The number of methoxy groups -OCH3 is 1. The zero-order valence-corrected chi connectivity index (χ0v) is 8.52. The summed E-state index contributed by atoms with van der Waals surface area (Å²) in [6.45, 7) is 2.82. The molecule has 0 fully saturated rings. The third kappa shape index (κ3) is 6.49. The van der Waals surface area contributed by atoms with Gasteiger partial charge in [0.15, 0.2) is 0 Å². The van der Waals surface area contributed by atoms with Gasteiger partial charge in [-0.15, -0.1) is 0 Å². The molecule has 0 saturated carbocycles. The summed E-state index contributed by atoms with van der Waals surface area (Å²) >= 11 is 1.75. The summed E-state index contributed by atoms with van der Waals surface area (Å²) < 4.78 is 4.51. The van der Waals surface area contributed by atoms with Crippen LogP contribution in [0.4, 0.5) is 0 Å². The molecule has 0 amide bonds. The number of hydrogen-bond donors (Lipinski definition) is 1. The summed E-state index contributed by atoms with van der Waals surface area (Å²) in [6, 6.07) is 0. The van der Waals surface area contributed by atoms with Crippen molar-refractivity contribution in [3.05, 3.63) is 0 Å². The van der Waals surface area contributed by atoms with Crippen LogP contribution in [0.5, 0.6) is 0 Å². The zero-order chi connectivity index (χ0) is 9.40. The second-order valence-corrected chi connectivity index (χ2v) is 3.89. The molecule has 1 atom stereocenters. The van der Waals surface area contributed by atoms with Gasteiger partial charge in [-0.25, -0.2) is 0 Å². The van der Waals surface area contributed by atoms with E-state index < -0.39 is 0 Å². The van der Waals surface area contributed by atoms with Crippen molar-refractivity contribution >= 4 is 17.7 Å². The molecule has 2 N–H and O–H groups in total. The monoisotopic (exact) mass is 191 g/mol. The summed E-state index contributed by atoms with van der Waals surface area (Å²) in [7, 11) is 1.41. The molecular weight excluding hydrogens is 174 g/mol. The first-order valence-corrected chi connectivity index (χ1v) is 5.20. The van der Waals surface area contributed by atoms with Crippen molar-refractivity contribution in [3.63, 3.8) is 0 Å². The van der Waals surface area contributed by atoms with Crippen LogP contribution in [-0.2, 0) is 9.53 Å². The molecule has 4 heteroatoms. The number of esters is 1. The number of rotatable bonds is 6. The molecule has 12 heavy (non-hydrogen) atoms. The van der Waals surface area contributed by atoms with Gasteiger partial charge in [-0.2, -0.15) is 11.8 Å². The normalized spacial score (nSPS) is 12.6. The Hall–Kier alpha value is -0.220. The van der Waals surface area contributed by atoms with Crippen LogP contribution in [0, 0.1) is 5.92 Å². The van der Waals surface area contributed by atoms with Gasteiger partial charge < -0.3 is 10.5 Å². The summed E-state index contributed by atoms with van der Waals surface area (Å²) in [5.41, 5.74) is 5.44. The van der Waals surface area contributed by atoms with Crippen LogP contribution in [0.25, 0.3) is 0 Å². The number of carbonyl (C=O) groups is 1. The lowest BCUT2D eigenvalue weighted by atomic mass is 10.2. The Morgan fingerprint density at radius 2 is 2.33 bits per heavy atom. The maximum Gasteiger partial charge on any atom is 0.306 e. The minimum Gasteiger partial charge on any atom is -0.469 e. The van der Waals surface area contributed by atoms with Crippen LogP contribution in [-0.4, -0.2) is 31.1 Å². The van der Waals surface area contributed by atoms with E-state index in [9.17, 15) is 4.79 Å². The van der Waals surface area contributed by atoms with Crippen molar-refractivity contribution in [1.29, 1.82) is 0 Å². The molecule has 1 unspecified atom stereocenters. The molecule has 0 saturated heterocycles. The van der Waals surface area contributed by atoms with Gasteiger partial charge >= 0.3 is 5.97 Å². The first-order valence-electron chi connectivity index (χ1n) is 4.05. The molecule has 0 heterocycles. The van der Waals surface area contributed by atoms with Crippen molar-refractivity contribution in [2.45, 2.75) is 13.3 Å². The van der Waals surface area contributed by atoms with Crippen LogP contribution in [0.3, 0.4) is 0 Å². The van der Waals surface area contributed by atoms with Gasteiger partial charge in [0.2, 0.25) is 0 Å². The van der Waals surface area contributed by atoms with Crippen LogP contribution in [0.1, 0.15) is 13.3 Å². The number of nitrogens with two attached hydrogens (primary N) is 1. The van der Waals surface area contributed by atoms with Crippen LogP contribution >= 0.6 is 11.8 Å². The minimum absolute atomic E-state index is 0.136. The highest BCUT2D eigenvalue weighted by Gasteiger charge is 2.02. The Bertz CT molecular complexity index is 130. The number of hydrogen-bond acceptors (Lipinski definition) is 4. The standard InChI is InChI=1S/C8H17NO2S/c1-7(5-9)6-12-4-3-8(10)11-2/h7H,3-6,9H2,1-2H3. The topological polar surface area (TPSA) is 52.3 Å². The second kappa shape index (κ2) is 7.43. The van der Waals surface area contributed by atoms with Crippen molar-refractivity contribution in [1.82, 2.24) is 0 Å². The molecule has 0 aromatic rings. The van der Waals surface area contributed by atoms with E-state index in [1.54, 1.807) is 11.8 Å². The smallest absolute Gasteiger partial charge is 0.306 e. The van der Waals surface area contributed by atoms with Crippen molar-refractivity contribution in [2.75, 3.05) is 25.2 Å². The minimum atomic E-state index is -0.136. The molecular formula is C8H17NO2S. The molecule has 0 aliphatic heterocycles. The Kier molecular flexibility index (Phi) is 7.29. The van der Waals surface area contributed by atoms with E-state index in [4.69, 9.17) is 5.73 Å². The SMILES string of the molecule is COC(=O)CCSCC(C)CN. The highest BCUT2D eigenvalue weighted by molar-refractivity contribution is 7.99. The van der Waals surface area contributed by atoms with E-state index in [2.05, 4.69) is 11.7 Å². The van der Waals surface area contributed by atoms with Crippen LogP contribution in [0.15, 0.2) is 0 Å². The molecule has 0 aliphatic carbocycles. The molecule has 0 spiro atoms. The maximum atomic E-state index is 10.7. The van der Waals surface area contributed by atoms with E-state index in [1.807, 2.05) is 0 Å². The average molecular weight is 191 g/mol. The highest BCUT2D eigenvalue weighted by atomic mass is 32.2. The van der Waals surface area contributed by atoms with Gasteiger partial charge in [0.25, 0.3) is 0 Å². The number of thioether (sulfide) groups is 1. The van der Waals surface area contributed by atoms with Gasteiger partial charge in [-0.3, -0.25) is 4.79 Å². The lowest BCUT2D eigenvalue weighted by molar-refractivity contribution is -0.140. The third-order valence-electron chi connectivity index (χ3n) is 1.48. The van der Waals surface area contributed by atoms with E-state index in [1.165, 1.54) is 7.11 Å². The first kappa shape index (κ1) is 11.8. The summed E-state index contributed by atoms with van der Waals surface area (Å²) in [4.78, 5) is 10.7. The van der Waals surface area contributed by atoms with Gasteiger partial charge in [-0.05, 0) is 18.2 Å². The number of carbonyl (C=O) groups excluding carboxylic acids is 1. The third-order valence-corrected chi connectivity index (χ3v) is 2.78. The molecule has 72 valence electrons. The molecule has 3 nitrogen and oxygen atoms in total. The van der Waals surface area contributed by atoms with Crippen LogP contribution in [0.2, 0.25) is 0 Å².